The molecule has 1 aromatic carbocycles. The average molecular weight is 282 g/mol. The highest BCUT2D eigenvalue weighted by molar-refractivity contribution is 5.73. The molecule has 1 aromatic rings. The fraction of sp³-hybridized carbons (Fsp3) is 0.533. The number of rotatable bonds is 8. The van der Waals surface area contributed by atoms with Crippen molar-refractivity contribution < 1.29 is 14.3 Å². The molecule has 0 bridgehead atoms. The summed E-state index contributed by atoms with van der Waals surface area (Å²) in [6.07, 6.45) is 2.69. The van der Waals surface area contributed by atoms with E-state index in [0.717, 1.165) is 18.4 Å². The van der Waals surface area contributed by atoms with Crippen LogP contribution in [0.5, 0.6) is 0 Å². The molecule has 0 radical (unpaired) electrons. The largest absolute Gasteiger partial charge is 0.396 e. The molecule has 112 valence electrons. The second-order valence-corrected chi connectivity index (χ2v) is 4.86. The normalized spacial score (nSPS) is 11.9. The molecule has 0 saturated carbocycles. The Bertz CT molecular complexity index is 407. The Morgan fingerprint density at radius 3 is 2.80 bits per heavy atom. The van der Waals surface area contributed by atoms with E-state index < -0.39 is 0 Å². The first-order valence-corrected chi connectivity index (χ1v) is 7.02. The molecule has 1 unspecified atom stereocenters. The van der Waals surface area contributed by atoms with Crippen molar-refractivity contribution in [2.75, 3.05) is 13.2 Å². The number of carbonyl (C=O) groups is 1. The third kappa shape index (κ3) is 6.52. The summed E-state index contributed by atoms with van der Waals surface area (Å²) < 4.78 is 13.0. The van der Waals surface area contributed by atoms with Crippen molar-refractivity contribution in [1.29, 1.82) is 0 Å². The van der Waals surface area contributed by atoms with Gasteiger partial charge in [-0.3, -0.25) is 0 Å². The highest BCUT2D eigenvalue weighted by Crippen LogP contribution is 2.09. The van der Waals surface area contributed by atoms with E-state index in [2.05, 4.69) is 17.6 Å². The maximum absolute atomic E-state index is 13.0. The summed E-state index contributed by atoms with van der Waals surface area (Å²) in [6.45, 7) is 3.05. The van der Waals surface area contributed by atoms with Gasteiger partial charge in [-0.25, -0.2) is 9.18 Å². The van der Waals surface area contributed by atoms with E-state index >= 15 is 0 Å². The Hall–Kier alpha value is -1.62. The van der Waals surface area contributed by atoms with Crippen molar-refractivity contribution in [2.24, 2.45) is 5.92 Å². The van der Waals surface area contributed by atoms with Crippen LogP contribution in [0.4, 0.5) is 9.18 Å². The third-order valence-electron chi connectivity index (χ3n) is 3.13. The van der Waals surface area contributed by atoms with Gasteiger partial charge in [0.15, 0.2) is 0 Å². The third-order valence-corrected chi connectivity index (χ3v) is 3.13. The summed E-state index contributed by atoms with van der Waals surface area (Å²) in [7, 11) is 0. The van der Waals surface area contributed by atoms with Crippen LogP contribution in [-0.2, 0) is 6.54 Å². The Balaban J connectivity index is 2.29. The summed E-state index contributed by atoms with van der Waals surface area (Å²) in [5.41, 5.74) is 0.723. The molecule has 2 amide bonds. The van der Waals surface area contributed by atoms with Gasteiger partial charge in [0, 0.05) is 19.7 Å². The lowest BCUT2D eigenvalue weighted by molar-refractivity contribution is 0.229. The van der Waals surface area contributed by atoms with Gasteiger partial charge in [-0.05, 0) is 36.5 Å². The number of halogens is 1. The predicted molar refractivity (Wildman–Crippen MR) is 76.7 cm³/mol. The summed E-state index contributed by atoms with van der Waals surface area (Å²) >= 11 is 0. The maximum Gasteiger partial charge on any atom is 0.315 e. The topological polar surface area (TPSA) is 61.4 Å². The standard InChI is InChI=1S/C15H23FN2O2/c1-2-4-12(7-8-19)10-17-15(20)18-11-13-5-3-6-14(16)9-13/h3,5-6,9,12,19H,2,4,7-8,10-11H2,1H3,(H2,17,18,20). The lowest BCUT2D eigenvalue weighted by Gasteiger charge is -2.16. The van der Waals surface area contributed by atoms with Gasteiger partial charge >= 0.3 is 6.03 Å². The summed E-state index contributed by atoms with van der Waals surface area (Å²) in [6, 6.07) is 5.87. The first kappa shape index (κ1) is 16.4. The minimum absolute atomic E-state index is 0.136. The van der Waals surface area contributed by atoms with Gasteiger partial charge in [-0.15, -0.1) is 0 Å². The zero-order chi connectivity index (χ0) is 14.8. The van der Waals surface area contributed by atoms with Crippen molar-refractivity contribution in [2.45, 2.75) is 32.7 Å². The quantitative estimate of drug-likeness (QED) is 0.686. The van der Waals surface area contributed by atoms with Crippen LogP contribution in [0.3, 0.4) is 0 Å². The molecule has 3 N–H and O–H groups in total. The molecule has 0 fully saturated rings. The summed E-state index contributed by atoms with van der Waals surface area (Å²) in [4.78, 5) is 11.6. The van der Waals surface area contributed by atoms with E-state index in [1.165, 1.54) is 12.1 Å². The Morgan fingerprint density at radius 2 is 2.15 bits per heavy atom. The molecular weight excluding hydrogens is 259 g/mol. The van der Waals surface area contributed by atoms with Gasteiger partial charge in [0.1, 0.15) is 5.82 Å². The van der Waals surface area contributed by atoms with E-state index in [9.17, 15) is 9.18 Å². The molecule has 0 aliphatic rings. The SMILES string of the molecule is CCCC(CCO)CNC(=O)NCc1cccc(F)c1. The summed E-state index contributed by atoms with van der Waals surface area (Å²) in [5.74, 6) is -0.0133. The van der Waals surface area contributed by atoms with Gasteiger partial charge in [-0.2, -0.15) is 0 Å². The molecule has 1 atom stereocenters. The number of benzene rings is 1. The van der Waals surface area contributed by atoms with Crippen LogP contribution in [-0.4, -0.2) is 24.3 Å². The van der Waals surface area contributed by atoms with Crippen LogP contribution < -0.4 is 10.6 Å². The molecule has 0 spiro atoms. The molecule has 0 heterocycles. The van der Waals surface area contributed by atoms with Crippen molar-refractivity contribution in [3.63, 3.8) is 0 Å². The maximum atomic E-state index is 13.0. The minimum Gasteiger partial charge on any atom is -0.396 e. The van der Waals surface area contributed by atoms with Crippen LogP contribution in [0.1, 0.15) is 31.7 Å². The van der Waals surface area contributed by atoms with Gasteiger partial charge in [0.05, 0.1) is 0 Å². The Morgan fingerprint density at radius 1 is 1.35 bits per heavy atom. The first-order chi connectivity index (χ1) is 9.65. The van der Waals surface area contributed by atoms with Crippen LogP contribution in [0, 0.1) is 11.7 Å². The summed E-state index contributed by atoms with van der Waals surface area (Å²) in [5, 5.41) is 14.4. The number of aliphatic hydroxyl groups is 1. The zero-order valence-corrected chi connectivity index (χ0v) is 11.9. The van der Waals surface area contributed by atoms with Crippen LogP contribution in [0.2, 0.25) is 0 Å². The molecule has 1 rings (SSSR count). The number of hydrogen-bond donors (Lipinski definition) is 3. The molecule has 4 nitrogen and oxygen atoms in total. The van der Waals surface area contributed by atoms with Crippen molar-refractivity contribution in [1.82, 2.24) is 10.6 Å². The van der Waals surface area contributed by atoms with Crippen molar-refractivity contribution in [3.8, 4) is 0 Å². The van der Waals surface area contributed by atoms with Gasteiger partial charge in [-0.1, -0.05) is 25.5 Å². The van der Waals surface area contributed by atoms with Crippen molar-refractivity contribution in [3.05, 3.63) is 35.6 Å². The molecule has 0 aromatic heterocycles. The van der Waals surface area contributed by atoms with E-state index in [1.807, 2.05) is 0 Å². The molecule has 5 heteroatoms. The molecular formula is C15H23FN2O2. The predicted octanol–water partition coefficient (Wildman–Crippen LogP) is 2.42. The number of nitrogens with one attached hydrogen (secondary N) is 2. The van der Waals surface area contributed by atoms with E-state index in [4.69, 9.17) is 5.11 Å². The second-order valence-electron chi connectivity index (χ2n) is 4.86. The lowest BCUT2D eigenvalue weighted by Crippen LogP contribution is -2.38. The van der Waals surface area contributed by atoms with Crippen molar-refractivity contribution >= 4 is 6.03 Å². The van der Waals surface area contributed by atoms with E-state index in [0.29, 0.717) is 25.4 Å². The zero-order valence-electron chi connectivity index (χ0n) is 11.9. The number of amides is 2. The van der Waals surface area contributed by atoms with Gasteiger partial charge < -0.3 is 15.7 Å². The molecule has 0 aliphatic heterocycles. The van der Waals surface area contributed by atoms with E-state index in [1.54, 1.807) is 12.1 Å². The number of aliphatic hydroxyl groups excluding tert-OH is 1. The molecule has 0 saturated heterocycles. The Labute approximate surface area is 119 Å². The highest BCUT2D eigenvalue weighted by Gasteiger charge is 2.09. The minimum atomic E-state index is -0.310. The Kier molecular flexibility index (Phi) is 7.65. The highest BCUT2D eigenvalue weighted by atomic mass is 19.1. The average Bonchev–Trinajstić information content (AvgIpc) is 2.43. The number of hydrogen-bond acceptors (Lipinski definition) is 2. The van der Waals surface area contributed by atoms with Gasteiger partial charge in [0.2, 0.25) is 0 Å². The van der Waals surface area contributed by atoms with Gasteiger partial charge in [0.25, 0.3) is 0 Å². The molecule has 20 heavy (non-hydrogen) atoms. The van der Waals surface area contributed by atoms with Crippen LogP contribution in [0.15, 0.2) is 24.3 Å². The fourth-order valence-electron chi connectivity index (χ4n) is 2.07. The van der Waals surface area contributed by atoms with E-state index in [-0.39, 0.29) is 18.5 Å². The number of carbonyl (C=O) groups excluding carboxylic acids is 1. The number of urea groups is 1. The smallest absolute Gasteiger partial charge is 0.315 e. The lowest BCUT2D eigenvalue weighted by atomic mass is 10.0. The monoisotopic (exact) mass is 282 g/mol. The van der Waals surface area contributed by atoms with Crippen LogP contribution in [0.25, 0.3) is 0 Å². The second kappa shape index (κ2) is 9.31. The fourth-order valence-corrected chi connectivity index (χ4v) is 2.07. The molecule has 0 aliphatic carbocycles. The van der Waals surface area contributed by atoms with Crippen LogP contribution >= 0.6 is 0 Å². The first-order valence-electron chi connectivity index (χ1n) is 7.02.